The smallest absolute Gasteiger partial charge is 0.338 e. The number of hydrogen-bond acceptors (Lipinski definition) is 4. The quantitative estimate of drug-likeness (QED) is 0.385. The van der Waals surface area contributed by atoms with Gasteiger partial charge < -0.3 is 9.47 Å². The lowest BCUT2D eigenvalue weighted by atomic mass is 9.44. The first kappa shape index (κ1) is 25.8. The van der Waals surface area contributed by atoms with Gasteiger partial charge in [0.2, 0.25) is 0 Å². The molecule has 1 aromatic rings. The summed E-state index contributed by atoms with van der Waals surface area (Å²) in [6.07, 6.45) is 12.8. The number of carbonyl (C=O) groups excluding carboxylic acids is 2. The number of hydrogen-bond donors (Lipinski definition) is 0. The second kappa shape index (κ2) is 10.1. The first-order valence-electron chi connectivity index (χ1n) is 14.6. The van der Waals surface area contributed by atoms with E-state index in [0.717, 1.165) is 42.9 Å². The van der Waals surface area contributed by atoms with Gasteiger partial charge in [-0.15, -0.1) is 0 Å². The molecule has 0 bridgehead atoms. The summed E-state index contributed by atoms with van der Waals surface area (Å²) in [6.45, 7) is 7.55. The molecule has 4 heteroatoms. The molecule has 4 aliphatic carbocycles. The predicted octanol–water partition coefficient (Wildman–Crippen LogP) is 7.46. The van der Waals surface area contributed by atoms with Gasteiger partial charge in [0.1, 0.15) is 6.10 Å². The Hall–Kier alpha value is -1.84. The van der Waals surface area contributed by atoms with Gasteiger partial charge in [0, 0.05) is 6.42 Å². The van der Waals surface area contributed by atoms with Crippen LogP contribution in [0.4, 0.5) is 0 Å². The molecule has 4 aliphatic rings. The van der Waals surface area contributed by atoms with E-state index >= 15 is 0 Å². The molecule has 0 amide bonds. The van der Waals surface area contributed by atoms with Gasteiger partial charge in [-0.2, -0.15) is 0 Å². The molecule has 0 saturated heterocycles. The summed E-state index contributed by atoms with van der Waals surface area (Å²) in [7, 11) is 1.50. The van der Waals surface area contributed by atoms with Crippen molar-refractivity contribution in [2.45, 2.75) is 97.5 Å². The molecule has 198 valence electrons. The van der Waals surface area contributed by atoms with Crippen LogP contribution >= 0.6 is 0 Å². The van der Waals surface area contributed by atoms with E-state index in [4.69, 9.17) is 9.47 Å². The zero-order valence-corrected chi connectivity index (χ0v) is 22.8. The summed E-state index contributed by atoms with van der Waals surface area (Å²) in [4.78, 5) is 24.4. The van der Waals surface area contributed by atoms with Crippen molar-refractivity contribution in [2.75, 3.05) is 7.11 Å². The van der Waals surface area contributed by atoms with E-state index in [1.807, 2.05) is 30.3 Å². The third-order valence-electron chi connectivity index (χ3n) is 11.7. The highest BCUT2D eigenvalue weighted by Gasteiger charge is 2.60. The molecule has 4 nitrogen and oxygen atoms in total. The second-order valence-electron chi connectivity index (χ2n) is 13.1. The maximum atomic E-state index is 12.7. The Morgan fingerprint density at radius 1 is 0.944 bits per heavy atom. The Morgan fingerprint density at radius 2 is 1.67 bits per heavy atom. The molecular weight excluding hydrogens is 448 g/mol. The average Bonchev–Trinajstić information content (AvgIpc) is 3.25. The lowest BCUT2D eigenvalue weighted by Gasteiger charge is -2.61. The number of benzene rings is 1. The van der Waals surface area contributed by atoms with Crippen molar-refractivity contribution in [1.82, 2.24) is 0 Å². The van der Waals surface area contributed by atoms with E-state index in [1.54, 1.807) is 0 Å². The largest absolute Gasteiger partial charge is 0.469 e. The number of rotatable bonds is 6. The number of carbonyl (C=O) groups is 2. The van der Waals surface area contributed by atoms with Crippen LogP contribution < -0.4 is 0 Å². The van der Waals surface area contributed by atoms with Crippen LogP contribution in [0.3, 0.4) is 0 Å². The summed E-state index contributed by atoms with van der Waals surface area (Å²) < 4.78 is 10.9. The molecule has 4 fully saturated rings. The topological polar surface area (TPSA) is 52.6 Å². The van der Waals surface area contributed by atoms with Gasteiger partial charge in [-0.3, -0.25) is 4.79 Å². The van der Waals surface area contributed by atoms with E-state index in [2.05, 4.69) is 20.8 Å². The van der Waals surface area contributed by atoms with E-state index in [0.29, 0.717) is 34.7 Å². The van der Waals surface area contributed by atoms with Crippen molar-refractivity contribution >= 4 is 11.9 Å². The minimum absolute atomic E-state index is 0.0627. The van der Waals surface area contributed by atoms with Gasteiger partial charge >= 0.3 is 11.9 Å². The van der Waals surface area contributed by atoms with E-state index in [-0.39, 0.29) is 18.0 Å². The highest BCUT2D eigenvalue weighted by Crippen LogP contribution is 2.68. The van der Waals surface area contributed by atoms with Crippen LogP contribution in [0, 0.1) is 46.3 Å². The van der Waals surface area contributed by atoms with Crippen molar-refractivity contribution in [3.63, 3.8) is 0 Å². The maximum absolute atomic E-state index is 12.7. The molecule has 0 spiro atoms. The van der Waals surface area contributed by atoms with Crippen LogP contribution in [0.25, 0.3) is 0 Å². The van der Waals surface area contributed by atoms with Crippen LogP contribution in [0.1, 0.15) is 102 Å². The molecule has 5 rings (SSSR count). The minimum atomic E-state index is -0.162. The molecule has 0 heterocycles. The maximum Gasteiger partial charge on any atom is 0.338 e. The summed E-state index contributed by atoms with van der Waals surface area (Å²) in [5.74, 6) is 4.22. The fourth-order valence-electron chi connectivity index (χ4n) is 9.74. The molecule has 0 aromatic heterocycles. The monoisotopic (exact) mass is 494 g/mol. The Bertz CT molecular complexity index is 943. The molecule has 1 unspecified atom stereocenters. The van der Waals surface area contributed by atoms with E-state index in [1.165, 1.54) is 52.1 Å². The number of methoxy groups -OCH3 is 1. The molecule has 0 aliphatic heterocycles. The van der Waals surface area contributed by atoms with Gasteiger partial charge in [-0.1, -0.05) is 39.0 Å². The summed E-state index contributed by atoms with van der Waals surface area (Å²) in [5, 5.41) is 0. The average molecular weight is 495 g/mol. The molecule has 9 atom stereocenters. The zero-order chi connectivity index (χ0) is 25.5. The molecular formula is C32H46O4. The fourth-order valence-corrected chi connectivity index (χ4v) is 9.74. The Kier molecular flexibility index (Phi) is 7.26. The van der Waals surface area contributed by atoms with Crippen molar-refractivity contribution < 1.29 is 19.1 Å². The van der Waals surface area contributed by atoms with Gasteiger partial charge in [-0.25, -0.2) is 4.79 Å². The Labute approximate surface area is 217 Å². The first-order chi connectivity index (χ1) is 17.3. The normalized spacial score (nSPS) is 40.3. The zero-order valence-electron chi connectivity index (χ0n) is 22.8. The Balaban J connectivity index is 1.23. The third kappa shape index (κ3) is 4.52. The highest BCUT2D eigenvalue weighted by molar-refractivity contribution is 5.89. The van der Waals surface area contributed by atoms with E-state index in [9.17, 15) is 9.59 Å². The standard InChI is InChI=1S/C32H46O4/c1-21(10-15-29(33)35-4)26-13-14-27-25-12-11-23-20-24(36-30(34)22-8-6-5-7-9-22)16-18-31(23,2)28(25)17-19-32(26,27)3/h5-9,21,23-28H,10-20H2,1-4H3/t21-,23-,24-,25+,26-,27+,28?,31+,32-/m1/s1. The fraction of sp³-hybridized carbons (Fsp3) is 0.750. The first-order valence-corrected chi connectivity index (χ1v) is 14.6. The number of esters is 2. The van der Waals surface area contributed by atoms with Crippen LogP contribution in [-0.4, -0.2) is 25.2 Å². The van der Waals surface area contributed by atoms with Crippen LogP contribution in [-0.2, 0) is 14.3 Å². The van der Waals surface area contributed by atoms with Crippen molar-refractivity contribution in [3.05, 3.63) is 35.9 Å². The number of fused-ring (bicyclic) bond motifs is 5. The van der Waals surface area contributed by atoms with Gasteiger partial charge in [-0.05, 0) is 123 Å². The Morgan fingerprint density at radius 3 is 2.42 bits per heavy atom. The van der Waals surface area contributed by atoms with Crippen molar-refractivity contribution in [1.29, 1.82) is 0 Å². The summed E-state index contributed by atoms with van der Waals surface area (Å²) in [6, 6.07) is 9.45. The van der Waals surface area contributed by atoms with Crippen LogP contribution in [0.2, 0.25) is 0 Å². The molecule has 4 saturated carbocycles. The molecule has 36 heavy (non-hydrogen) atoms. The van der Waals surface area contributed by atoms with Crippen LogP contribution in [0.5, 0.6) is 0 Å². The van der Waals surface area contributed by atoms with Crippen molar-refractivity contribution in [3.8, 4) is 0 Å². The predicted molar refractivity (Wildman–Crippen MR) is 141 cm³/mol. The van der Waals surface area contributed by atoms with E-state index < -0.39 is 0 Å². The molecule has 0 N–H and O–H groups in total. The second-order valence-corrected chi connectivity index (χ2v) is 13.1. The highest BCUT2D eigenvalue weighted by atomic mass is 16.5. The van der Waals surface area contributed by atoms with Crippen molar-refractivity contribution in [2.24, 2.45) is 46.3 Å². The van der Waals surface area contributed by atoms with Crippen LogP contribution in [0.15, 0.2) is 30.3 Å². The lowest BCUT2D eigenvalue weighted by molar-refractivity contribution is -0.141. The third-order valence-corrected chi connectivity index (χ3v) is 11.7. The van der Waals surface area contributed by atoms with Gasteiger partial charge in [0.05, 0.1) is 12.7 Å². The van der Waals surface area contributed by atoms with Gasteiger partial charge in [0.15, 0.2) is 0 Å². The minimum Gasteiger partial charge on any atom is -0.469 e. The summed E-state index contributed by atoms with van der Waals surface area (Å²) in [5.41, 5.74) is 1.47. The molecule has 0 radical (unpaired) electrons. The summed E-state index contributed by atoms with van der Waals surface area (Å²) >= 11 is 0. The molecule has 1 aromatic carbocycles. The SMILES string of the molecule is COC(=O)CC[C@@H](C)[C@H]1CC[C@H]2[C@@H]3CC[C@@H]4C[C@H](OC(=O)c5ccccc5)CC[C@]4(C)C3CC[C@]12C. The van der Waals surface area contributed by atoms with Gasteiger partial charge in [0.25, 0.3) is 0 Å². The lowest BCUT2D eigenvalue weighted by Crippen LogP contribution is -2.54. The number of ether oxygens (including phenoxy) is 2.